The molecule has 0 spiro atoms. The second-order valence-corrected chi connectivity index (χ2v) is 6.20. The van der Waals surface area contributed by atoms with Crippen molar-refractivity contribution in [3.8, 4) is 11.3 Å². The molecular formula is C20H18ClN3O3. The largest absolute Gasteiger partial charge is 0.467 e. The highest BCUT2D eigenvalue weighted by atomic mass is 35.5. The number of carbonyl (C=O) groups is 2. The molecule has 6 nitrogen and oxygen atoms in total. The van der Waals surface area contributed by atoms with E-state index in [0.717, 1.165) is 5.56 Å². The van der Waals surface area contributed by atoms with Gasteiger partial charge in [-0.05, 0) is 5.56 Å². The summed E-state index contributed by atoms with van der Waals surface area (Å²) in [6.07, 6.45) is 0. The Morgan fingerprint density at radius 3 is 2.26 bits per heavy atom. The number of benzene rings is 2. The average Bonchev–Trinajstić information content (AvgIpc) is 3.01. The monoisotopic (exact) mass is 383 g/mol. The molecule has 0 bridgehead atoms. The molecule has 138 valence electrons. The lowest BCUT2D eigenvalue weighted by molar-refractivity contribution is -0.143. The first-order valence-corrected chi connectivity index (χ1v) is 8.62. The van der Waals surface area contributed by atoms with Gasteiger partial charge in [0.05, 0.1) is 7.11 Å². The summed E-state index contributed by atoms with van der Waals surface area (Å²) in [6, 6.07) is 17.2. The first kappa shape index (κ1) is 18.7. The van der Waals surface area contributed by atoms with Crippen molar-refractivity contribution in [1.82, 2.24) is 15.1 Å². The van der Waals surface area contributed by atoms with Crippen molar-refractivity contribution in [2.24, 2.45) is 7.05 Å². The zero-order valence-electron chi connectivity index (χ0n) is 14.8. The summed E-state index contributed by atoms with van der Waals surface area (Å²) in [4.78, 5) is 25.3. The third-order valence-corrected chi connectivity index (χ3v) is 4.53. The van der Waals surface area contributed by atoms with Crippen LogP contribution in [0.4, 0.5) is 0 Å². The number of hydrogen-bond donors (Lipinski definition) is 1. The first-order chi connectivity index (χ1) is 13.0. The zero-order chi connectivity index (χ0) is 19.4. The molecule has 1 atom stereocenters. The maximum atomic E-state index is 13.0. The van der Waals surface area contributed by atoms with Gasteiger partial charge in [0.2, 0.25) is 0 Å². The number of amides is 1. The summed E-state index contributed by atoms with van der Waals surface area (Å²) in [5.41, 5.74) is 2.01. The van der Waals surface area contributed by atoms with Gasteiger partial charge in [0.25, 0.3) is 5.91 Å². The fourth-order valence-corrected chi connectivity index (χ4v) is 2.96. The van der Waals surface area contributed by atoms with Crippen molar-refractivity contribution in [2.45, 2.75) is 6.04 Å². The Kier molecular flexibility index (Phi) is 5.57. The van der Waals surface area contributed by atoms with Crippen LogP contribution in [0.5, 0.6) is 0 Å². The van der Waals surface area contributed by atoms with E-state index in [2.05, 4.69) is 10.4 Å². The van der Waals surface area contributed by atoms with Crippen LogP contribution in [-0.4, -0.2) is 28.8 Å². The summed E-state index contributed by atoms with van der Waals surface area (Å²) < 4.78 is 6.27. The normalized spacial score (nSPS) is 11.7. The second-order valence-electron chi connectivity index (χ2n) is 5.84. The van der Waals surface area contributed by atoms with Gasteiger partial charge in [0, 0.05) is 12.6 Å². The number of methoxy groups -OCH3 is 1. The number of hydrogen-bond acceptors (Lipinski definition) is 4. The van der Waals surface area contributed by atoms with E-state index in [-0.39, 0.29) is 10.7 Å². The quantitative estimate of drug-likeness (QED) is 0.685. The zero-order valence-corrected chi connectivity index (χ0v) is 15.6. The van der Waals surface area contributed by atoms with E-state index in [1.807, 2.05) is 36.4 Å². The van der Waals surface area contributed by atoms with E-state index in [4.69, 9.17) is 16.3 Å². The van der Waals surface area contributed by atoms with Crippen LogP contribution in [0.15, 0.2) is 60.7 Å². The van der Waals surface area contributed by atoms with Crippen molar-refractivity contribution in [2.75, 3.05) is 7.11 Å². The first-order valence-electron chi connectivity index (χ1n) is 8.24. The average molecular weight is 384 g/mol. The standard InChI is InChI=1S/C20H18ClN3O3/c1-24-18(21)15(16(23-24)13-9-5-3-6-10-13)19(25)22-17(20(26)27-2)14-11-7-4-8-12-14/h3-12,17H,1-2H3,(H,22,25)/t17-/m0/s1. The Hall–Kier alpha value is -3.12. The molecule has 1 heterocycles. The van der Waals surface area contributed by atoms with Crippen LogP contribution in [-0.2, 0) is 16.6 Å². The minimum atomic E-state index is -0.955. The molecule has 0 aliphatic heterocycles. The number of aromatic nitrogens is 2. The van der Waals surface area contributed by atoms with Crippen LogP contribution in [0.2, 0.25) is 5.15 Å². The molecule has 1 N–H and O–H groups in total. The molecule has 0 saturated carbocycles. The molecule has 1 aromatic heterocycles. The molecule has 0 unspecified atom stereocenters. The highest BCUT2D eigenvalue weighted by molar-refractivity contribution is 6.33. The minimum Gasteiger partial charge on any atom is -0.467 e. The van der Waals surface area contributed by atoms with Gasteiger partial charge in [-0.25, -0.2) is 4.79 Å². The summed E-state index contributed by atoms with van der Waals surface area (Å²) >= 11 is 6.33. The molecule has 0 saturated heterocycles. The van der Waals surface area contributed by atoms with E-state index in [0.29, 0.717) is 11.3 Å². The predicted molar refractivity (Wildman–Crippen MR) is 102 cm³/mol. The number of nitrogens with one attached hydrogen (secondary N) is 1. The molecule has 2 aromatic carbocycles. The third-order valence-electron chi connectivity index (χ3n) is 4.10. The summed E-state index contributed by atoms with van der Waals surface area (Å²) in [5.74, 6) is -1.08. The van der Waals surface area contributed by atoms with Crippen molar-refractivity contribution in [3.05, 3.63) is 76.9 Å². The van der Waals surface area contributed by atoms with Gasteiger partial charge in [0.15, 0.2) is 6.04 Å². The van der Waals surface area contributed by atoms with Crippen LogP contribution < -0.4 is 5.32 Å². The third kappa shape index (κ3) is 3.85. The SMILES string of the molecule is COC(=O)[C@@H](NC(=O)c1c(-c2ccccc2)nn(C)c1Cl)c1ccccc1. The Bertz CT molecular complexity index is 955. The van der Waals surface area contributed by atoms with Gasteiger partial charge in [-0.3, -0.25) is 9.48 Å². The molecule has 0 fully saturated rings. The molecule has 3 aromatic rings. The van der Waals surface area contributed by atoms with Gasteiger partial charge >= 0.3 is 5.97 Å². The topological polar surface area (TPSA) is 73.2 Å². The second kappa shape index (κ2) is 8.05. The molecule has 0 radical (unpaired) electrons. The summed E-state index contributed by atoms with van der Waals surface area (Å²) in [7, 11) is 2.93. The fraction of sp³-hybridized carbons (Fsp3) is 0.150. The Balaban J connectivity index is 1.99. The van der Waals surface area contributed by atoms with Gasteiger partial charge < -0.3 is 10.1 Å². The molecule has 0 aliphatic carbocycles. The number of aryl methyl sites for hydroxylation is 1. The van der Waals surface area contributed by atoms with Gasteiger partial charge in [0.1, 0.15) is 16.4 Å². The number of carbonyl (C=O) groups excluding carboxylic acids is 2. The molecule has 27 heavy (non-hydrogen) atoms. The number of ether oxygens (including phenoxy) is 1. The Morgan fingerprint density at radius 2 is 1.67 bits per heavy atom. The van der Waals surface area contributed by atoms with Gasteiger partial charge in [-0.15, -0.1) is 0 Å². The maximum Gasteiger partial charge on any atom is 0.333 e. The minimum absolute atomic E-state index is 0.183. The predicted octanol–water partition coefficient (Wildman–Crippen LogP) is 3.38. The van der Waals surface area contributed by atoms with E-state index < -0.39 is 17.9 Å². The highest BCUT2D eigenvalue weighted by Gasteiger charge is 2.28. The molecule has 3 rings (SSSR count). The molecule has 0 aliphatic rings. The van der Waals surface area contributed by atoms with Crippen LogP contribution in [0, 0.1) is 0 Å². The van der Waals surface area contributed by atoms with E-state index in [1.165, 1.54) is 11.8 Å². The number of rotatable bonds is 5. The lowest BCUT2D eigenvalue weighted by atomic mass is 10.0. The number of nitrogens with zero attached hydrogens (tertiary/aromatic N) is 2. The number of halogens is 1. The number of esters is 1. The van der Waals surface area contributed by atoms with Crippen LogP contribution in [0.25, 0.3) is 11.3 Å². The van der Waals surface area contributed by atoms with Crippen LogP contribution in [0.3, 0.4) is 0 Å². The highest BCUT2D eigenvalue weighted by Crippen LogP contribution is 2.29. The van der Waals surface area contributed by atoms with Gasteiger partial charge in [-0.1, -0.05) is 72.3 Å². The van der Waals surface area contributed by atoms with Crippen molar-refractivity contribution in [1.29, 1.82) is 0 Å². The fourth-order valence-electron chi connectivity index (χ4n) is 2.75. The van der Waals surface area contributed by atoms with E-state index in [9.17, 15) is 9.59 Å². The van der Waals surface area contributed by atoms with E-state index >= 15 is 0 Å². The Morgan fingerprint density at radius 1 is 1.07 bits per heavy atom. The molecule has 1 amide bonds. The smallest absolute Gasteiger partial charge is 0.333 e. The van der Waals surface area contributed by atoms with Crippen LogP contribution in [0.1, 0.15) is 22.0 Å². The van der Waals surface area contributed by atoms with Crippen molar-refractivity contribution < 1.29 is 14.3 Å². The van der Waals surface area contributed by atoms with Crippen molar-refractivity contribution in [3.63, 3.8) is 0 Å². The maximum absolute atomic E-state index is 13.0. The molecular weight excluding hydrogens is 366 g/mol. The van der Waals surface area contributed by atoms with Crippen LogP contribution >= 0.6 is 11.6 Å². The summed E-state index contributed by atoms with van der Waals surface area (Å²) in [5, 5.41) is 7.25. The van der Waals surface area contributed by atoms with Gasteiger partial charge in [-0.2, -0.15) is 5.10 Å². The Labute approximate surface area is 161 Å². The molecule has 7 heteroatoms. The van der Waals surface area contributed by atoms with E-state index in [1.54, 1.807) is 31.3 Å². The van der Waals surface area contributed by atoms with Crippen molar-refractivity contribution >= 4 is 23.5 Å². The lowest BCUT2D eigenvalue weighted by Gasteiger charge is -2.17. The lowest BCUT2D eigenvalue weighted by Crippen LogP contribution is -2.34. The summed E-state index contributed by atoms with van der Waals surface area (Å²) in [6.45, 7) is 0.